The summed E-state index contributed by atoms with van der Waals surface area (Å²) in [6, 6.07) is 7.69. The number of nitrogens with one attached hydrogen (secondary N) is 1. The fourth-order valence-electron chi connectivity index (χ4n) is 1.70. The lowest BCUT2D eigenvalue weighted by Gasteiger charge is -2.04. The van der Waals surface area contributed by atoms with Gasteiger partial charge in [0, 0.05) is 17.7 Å². The number of hydrogen-bond acceptors (Lipinski definition) is 9. The smallest absolute Gasteiger partial charge is 0.210 e. The maximum Gasteiger partial charge on any atom is 0.210 e. The molecule has 2 aromatic heterocycles. The third kappa shape index (κ3) is 4.18. The van der Waals surface area contributed by atoms with Crippen LogP contribution in [-0.4, -0.2) is 26.7 Å². The monoisotopic (exact) mass is 365 g/mol. The van der Waals surface area contributed by atoms with Crippen LogP contribution < -0.4 is 10.1 Å². The molecule has 1 aromatic carbocycles. The molecule has 0 saturated heterocycles. The Balaban J connectivity index is 1.67. The average Bonchev–Trinajstić information content (AvgIpc) is 3.18. The first-order valence-electron chi connectivity index (χ1n) is 6.90. The first-order chi connectivity index (χ1) is 11.1. The molecule has 0 fully saturated rings. The van der Waals surface area contributed by atoms with E-state index >= 15 is 0 Å². The van der Waals surface area contributed by atoms with Gasteiger partial charge in [-0.1, -0.05) is 31.3 Å². The maximum absolute atomic E-state index is 5.21. The third-order valence-corrected chi connectivity index (χ3v) is 5.50. The quantitative estimate of drug-likeness (QED) is 0.693. The van der Waals surface area contributed by atoms with Crippen molar-refractivity contribution in [1.29, 1.82) is 0 Å². The molecule has 0 saturated carbocycles. The van der Waals surface area contributed by atoms with E-state index in [9.17, 15) is 0 Å². The SMILES string of the molecule is COc1cccc(Nc2nnc(Sc3nc(C(C)C)ns3)s2)c1. The Morgan fingerprint density at radius 1 is 1.22 bits per heavy atom. The molecule has 120 valence electrons. The zero-order valence-corrected chi connectivity index (χ0v) is 15.3. The summed E-state index contributed by atoms with van der Waals surface area (Å²) in [6.07, 6.45) is 0. The molecule has 2 heterocycles. The lowest BCUT2D eigenvalue weighted by Crippen LogP contribution is -1.90. The number of benzene rings is 1. The average molecular weight is 366 g/mol. The fourth-order valence-corrected chi connectivity index (χ4v) is 4.42. The maximum atomic E-state index is 5.21. The molecule has 0 unspecified atom stereocenters. The zero-order valence-electron chi connectivity index (χ0n) is 12.8. The molecule has 23 heavy (non-hydrogen) atoms. The molecule has 0 aliphatic heterocycles. The van der Waals surface area contributed by atoms with Crippen molar-refractivity contribution < 1.29 is 4.74 Å². The van der Waals surface area contributed by atoms with E-state index in [4.69, 9.17) is 4.74 Å². The van der Waals surface area contributed by atoms with Gasteiger partial charge >= 0.3 is 0 Å². The van der Waals surface area contributed by atoms with Crippen LogP contribution in [0.2, 0.25) is 0 Å². The van der Waals surface area contributed by atoms with Gasteiger partial charge in [0.2, 0.25) is 5.13 Å². The Morgan fingerprint density at radius 2 is 2.09 bits per heavy atom. The van der Waals surface area contributed by atoms with Crippen molar-refractivity contribution in [2.75, 3.05) is 12.4 Å². The van der Waals surface area contributed by atoms with E-state index in [0.29, 0.717) is 5.92 Å². The lowest BCUT2D eigenvalue weighted by atomic mass is 10.2. The van der Waals surface area contributed by atoms with Crippen LogP contribution in [0.1, 0.15) is 25.6 Å². The summed E-state index contributed by atoms with van der Waals surface area (Å²) in [5.41, 5.74) is 0.912. The van der Waals surface area contributed by atoms with Gasteiger partial charge in [0.25, 0.3) is 0 Å². The number of hydrogen-bond donors (Lipinski definition) is 1. The molecule has 9 heteroatoms. The van der Waals surface area contributed by atoms with Crippen LogP contribution in [0.25, 0.3) is 0 Å². The molecule has 3 aromatic rings. The van der Waals surface area contributed by atoms with Gasteiger partial charge in [0.15, 0.2) is 8.68 Å². The summed E-state index contributed by atoms with van der Waals surface area (Å²) < 4.78 is 11.3. The molecule has 0 bridgehead atoms. The molecule has 0 aliphatic rings. The topological polar surface area (TPSA) is 72.8 Å². The van der Waals surface area contributed by atoms with Gasteiger partial charge in [0.05, 0.1) is 7.11 Å². The van der Waals surface area contributed by atoms with E-state index in [0.717, 1.165) is 31.1 Å². The highest BCUT2D eigenvalue weighted by Crippen LogP contribution is 2.34. The Bertz CT molecular complexity index is 786. The van der Waals surface area contributed by atoms with E-state index in [1.165, 1.54) is 34.6 Å². The standard InChI is InChI=1S/C14H15N5OS3/c1-8(2)11-16-13(23-19-11)22-14-18-17-12(21-14)15-9-5-4-6-10(7-9)20-3/h4-8H,1-3H3,(H,15,17). The van der Waals surface area contributed by atoms with Crippen LogP contribution in [0.5, 0.6) is 5.75 Å². The van der Waals surface area contributed by atoms with Gasteiger partial charge in [-0.3, -0.25) is 0 Å². The van der Waals surface area contributed by atoms with Gasteiger partial charge in [-0.05, 0) is 35.4 Å². The predicted molar refractivity (Wildman–Crippen MR) is 94.3 cm³/mol. The van der Waals surface area contributed by atoms with Crippen LogP contribution >= 0.6 is 34.6 Å². The number of aromatic nitrogens is 4. The van der Waals surface area contributed by atoms with Gasteiger partial charge in [0.1, 0.15) is 11.6 Å². The molecule has 0 spiro atoms. The molecular weight excluding hydrogens is 350 g/mol. The second kappa shape index (κ2) is 7.24. The minimum absolute atomic E-state index is 0.334. The molecule has 0 amide bonds. The number of methoxy groups -OCH3 is 1. The Labute approximate surface area is 146 Å². The van der Waals surface area contributed by atoms with Gasteiger partial charge in [-0.15, -0.1) is 10.2 Å². The Morgan fingerprint density at radius 3 is 2.83 bits per heavy atom. The lowest BCUT2D eigenvalue weighted by molar-refractivity contribution is 0.415. The summed E-state index contributed by atoms with van der Waals surface area (Å²) >= 11 is 4.37. The molecule has 0 aliphatic carbocycles. The second-order valence-corrected chi connectivity index (χ2v) is 8.13. The molecule has 0 atom stereocenters. The summed E-state index contributed by atoms with van der Waals surface area (Å²) in [7, 11) is 1.65. The first-order valence-corrected chi connectivity index (χ1v) is 9.30. The van der Waals surface area contributed by atoms with Crippen molar-refractivity contribution >= 4 is 45.5 Å². The highest BCUT2D eigenvalue weighted by molar-refractivity contribution is 8.02. The Hall–Kier alpha value is -1.71. The number of rotatable bonds is 6. The van der Waals surface area contributed by atoms with Crippen molar-refractivity contribution in [3.05, 3.63) is 30.1 Å². The van der Waals surface area contributed by atoms with E-state index in [-0.39, 0.29) is 0 Å². The molecule has 1 N–H and O–H groups in total. The van der Waals surface area contributed by atoms with Gasteiger partial charge in [-0.2, -0.15) is 4.37 Å². The highest BCUT2D eigenvalue weighted by atomic mass is 32.2. The summed E-state index contributed by atoms with van der Waals surface area (Å²) in [5.74, 6) is 2.00. The Kier molecular flexibility index (Phi) is 5.09. The van der Waals surface area contributed by atoms with Crippen molar-refractivity contribution in [2.24, 2.45) is 0 Å². The summed E-state index contributed by atoms with van der Waals surface area (Å²) in [6.45, 7) is 4.16. The van der Waals surface area contributed by atoms with E-state index < -0.39 is 0 Å². The van der Waals surface area contributed by atoms with Crippen molar-refractivity contribution in [1.82, 2.24) is 19.6 Å². The van der Waals surface area contributed by atoms with E-state index in [1.807, 2.05) is 24.3 Å². The fraction of sp³-hybridized carbons (Fsp3) is 0.286. The van der Waals surface area contributed by atoms with Crippen molar-refractivity contribution in [3.63, 3.8) is 0 Å². The normalized spacial score (nSPS) is 11.0. The zero-order chi connectivity index (χ0) is 16.2. The number of anilines is 2. The van der Waals surface area contributed by atoms with Crippen LogP contribution in [0.3, 0.4) is 0 Å². The van der Waals surface area contributed by atoms with Crippen LogP contribution in [0, 0.1) is 0 Å². The largest absolute Gasteiger partial charge is 0.497 e. The van der Waals surface area contributed by atoms with E-state index in [2.05, 4.69) is 38.7 Å². The molecule has 6 nitrogen and oxygen atoms in total. The summed E-state index contributed by atoms with van der Waals surface area (Å²) in [4.78, 5) is 4.49. The second-order valence-electron chi connectivity index (χ2n) is 4.91. The van der Waals surface area contributed by atoms with Crippen LogP contribution in [0.15, 0.2) is 32.9 Å². The molecular formula is C14H15N5OS3. The minimum atomic E-state index is 0.334. The van der Waals surface area contributed by atoms with Crippen molar-refractivity contribution in [3.8, 4) is 5.75 Å². The number of nitrogens with zero attached hydrogens (tertiary/aromatic N) is 4. The minimum Gasteiger partial charge on any atom is -0.497 e. The van der Waals surface area contributed by atoms with Crippen LogP contribution in [-0.2, 0) is 0 Å². The summed E-state index contributed by atoms with van der Waals surface area (Å²) in [5, 5.41) is 12.3. The predicted octanol–water partition coefficient (Wildman–Crippen LogP) is 4.42. The molecule has 3 rings (SSSR count). The van der Waals surface area contributed by atoms with Gasteiger partial charge < -0.3 is 10.1 Å². The molecule has 0 radical (unpaired) electrons. The van der Waals surface area contributed by atoms with E-state index in [1.54, 1.807) is 7.11 Å². The van der Waals surface area contributed by atoms with Crippen LogP contribution in [0.4, 0.5) is 10.8 Å². The third-order valence-electron chi connectivity index (χ3n) is 2.84. The van der Waals surface area contributed by atoms with Gasteiger partial charge in [-0.25, -0.2) is 4.98 Å². The highest BCUT2D eigenvalue weighted by Gasteiger charge is 2.12. The van der Waals surface area contributed by atoms with Crippen molar-refractivity contribution in [2.45, 2.75) is 28.4 Å². The number of ether oxygens (including phenoxy) is 1. The first kappa shape index (κ1) is 16.2.